The maximum atomic E-state index is 6.17. The van der Waals surface area contributed by atoms with Crippen LogP contribution in [0.25, 0.3) is 103 Å². The molecule has 0 saturated heterocycles. The van der Waals surface area contributed by atoms with Crippen molar-refractivity contribution in [2.75, 3.05) is 0 Å². The van der Waals surface area contributed by atoms with Gasteiger partial charge < -0.3 is 4.42 Å². The summed E-state index contributed by atoms with van der Waals surface area (Å²) in [5.41, 5.74) is 10.2. The highest BCUT2D eigenvalue weighted by molar-refractivity contribution is 7.26. The van der Waals surface area contributed by atoms with Crippen LogP contribution in [-0.4, -0.2) is 14.4 Å². The summed E-state index contributed by atoms with van der Waals surface area (Å²) in [6.07, 6.45) is 0. The van der Waals surface area contributed by atoms with Crippen molar-refractivity contribution in [2.24, 2.45) is 0 Å². The molecular formula is C38H19N3OS. The lowest BCUT2D eigenvalue weighted by atomic mass is 9.99. The molecule has 11 rings (SSSR count). The Balaban J connectivity index is 1.38. The first-order valence-corrected chi connectivity index (χ1v) is 15.2. The summed E-state index contributed by atoms with van der Waals surface area (Å²) in [6.45, 7) is 0. The number of hydrogen-bond acceptors (Lipinski definition) is 4. The van der Waals surface area contributed by atoms with Crippen LogP contribution in [0.15, 0.2) is 120 Å². The van der Waals surface area contributed by atoms with Crippen LogP contribution in [0.5, 0.6) is 0 Å². The van der Waals surface area contributed by atoms with E-state index in [0.29, 0.717) is 0 Å². The Hall–Kier alpha value is -5.52. The van der Waals surface area contributed by atoms with Crippen LogP contribution in [-0.2, 0) is 0 Å². The van der Waals surface area contributed by atoms with Gasteiger partial charge in [-0.3, -0.25) is 4.40 Å². The molecule has 11 aromatic rings. The quantitative estimate of drug-likeness (QED) is 0.199. The minimum atomic E-state index is 0.901. The average molecular weight is 566 g/mol. The lowest BCUT2D eigenvalue weighted by Crippen LogP contribution is -1.90. The molecule has 0 atom stereocenters. The third kappa shape index (κ3) is 2.71. The van der Waals surface area contributed by atoms with Gasteiger partial charge in [0.1, 0.15) is 16.7 Å². The van der Waals surface area contributed by atoms with Crippen LogP contribution in [0.3, 0.4) is 0 Å². The summed E-state index contributed by atoms with van der Waals surface area (Å²) in [4.78, 5) is 10.5. The molecule has 0 fully saturated rings. The molecule has 0 aliphatic carbocycles. The van der Waals surface area contributed by atoms with Crippen LogP contribution in [0.1, 0.15) is 0 Å². The van der Waals surface area contributed by atoms with Crippen molar-refractivity contribution >= 4 is 103 Å². The fourth-order valence-electron chi connectivity index (χ4n) is 7.28. The Morgan fingerprint density at radius 3 is 2.26 bits per heavy atom. The summed E-state index contributed by atoms with van der Waals surface area (Å²) in [7, 11) is 0. The lowest BCUT2D eigenvalue weighted by Gasteiger charge is -2.07. The Kier molecular flexibility index (Phi) is 3.94. The number of aromatic nitrogens is 3. The van der Waals surface area contributed by atoms with Gasteiger partial charge in [-0.25, -0.2) is 9.97 Å². The van der Waals surface area contributed by atoms with E-state index in [1.807, 2.05) is 35.6 Å². The molecule has 0 aliphatic heterocycles. The summed E-state index contributed by atoms with van der Waals surface area (Å²) in [6, 6.07) is 40.8. The number of nitrogens with zero attached hydrogens (tertiary/aromatic N) is 3. The molecule has 198 valence electrons. The van der Waals surface area contributed by atoms with Crippen molar-refractivity contribution in [1.82, 2.24) is 14.4 Å². The number of rotatable bonds is 1. The van der Waals surface area contributed by atoms with Crippen molar-refractivity contribution in [3.63, 3.8) is 0 Å². The lowest BCUT2D eigenvalue weighted by molar-refractivity contribution is 0.669. The summed E-state index contributed by atoms with van der Waals surface area (Å²) >= 11 is 1.88. The van der Waals surface area contributed by atoms with Gasteiger partial charge in [-0.05, 0) is 48.0 Å². The molecule has 0 unspecified atom stereocenters. The van der Waals surface area contributed by atoms with E-state index in [2.05, 4.69) is 95.4 Å². The molecule has 4 nitrogen and oxygen atoms in total. The minimum absolute atomic E-state index is 0.901. The van der Waals surface area contributed by atoms with Crippen LogP contribution in [0.2, 0.25) is 0 Å². The fourth-order valence-corrected chi connectivity index (χ4v) is 8.52. The van der Waals surface area contributed by atoms with E-state index >= 15 is 0 Å². The highest BCUT2D eigenvalue weighted by Crippen LogP contribution is 2.49. The second-order valence-corrected chi connectivity index (χ2v) is 12.4. The van der Waals surface area contributed by atoms with Gasteiger partial charge in [0.15, 0.2) is 5.65 Å². The zero-order chi connectivity index (χ0) is 27.8. The Labute approximate surface area is 247 Å². The van der Waals surface area contributed by atoms with E-state index in [9.17, 15) is 0 Å². The normalized spacial score (nSPS) is 12.7. The monoisotopic (exact) mass is 565 g/mol. The first-order chi connectivity index (χ1) is 21.3. The number of para-hydroxylation sites is 4. The molecule has 0 saturated carbocycles. The average Bonchev–Trinajstić information content (AvgIpc) is 3.79. The smallest absolute Gasteiger partial charge is 0.165 e. The summed E-state index contributed by atoms with van der Waals surface area (Å²) in [5.74, 6) is 0. The highest BCUT2D eigenvalue weighted by atomic mass is 32.1. The molecule has 0 N–H and O–H groups in total. The maximum absolute atomic E-state index is 6.17. The van der Waals surface area contributed by atoms with Gasteiger partial charge in [-0.15, -0.1) is 11.3 Å². The van der Waals surface area contributed by atoms with E-state index in [0.717, 1.165) is 55.1 Å². The van der Waals surface area contributed by atoms with Gasteiger partial charge in [-0.2, -0.15) is 0 Å². The van der Waals surface area contributed by atoms with Crippen molar-refractivity contribution in [1.29, 1.82) is 0 Å². The topological polar surface area (TPSA) is 43.3 Å². The molecule has 0 bridgehead atoms. The molecule has 0 spiro atoms. The third-order valence-electron chi connectivity index (χ3n) is 9.10. The minimum Gasteiger partial charge on any atom is -0.456 e. The molecule has 0 amide bonds. The van der Waals surface area contributed by atoms with Gasteiger partial charge in [0, 0.05) is 52.7 Å². The molecule has 43 heavy (non-hydrogen) atoms. The standard InChI is InChI=1S/C38H19N3OS/c1-5-14-30-22(8-1)25-18-20(16-17-31(25)42-30)21-10-7-11-24-33-36-27(19-26-23-9-2-6-15-32(23)43-37(26)33)34-38(41(36)35(21)24)40-29-13-4-3-12-28(29)39-34/h1-19H. The van der Waals surface area contributed by atoms with Crippen molar-refractivity contribution < 1.29 is 4.42 Å². The van der Waals surface area contributed by atoms with Crippen LogP contribution < -0.4 is 0 Å². The van der Waals surface area contributed by atoms with Crippen molar-refractivity contribution in [3.8, 4) is 11.1 Å². The molecule has 5 heteroatoms. The second-order valence-electron chi connectivity index (χ2n) is 11.4. The summed E-state index contributed by atoms with van der Waals surface area (Å²) < 4.78 is 11.2. The first-order valence-electron chi connectivity index (χ1n) is 14.4. The van der Waals surface area contributed by atoms with E-state index in [4.69, 9.17) is 14.4 Å². The highest BCUT2D eigenvalue weighted by Gasteiger charge is 2.25. The van der Waals surface area contributed by atoms with Gasteiger partial charge in [-0.1, -0.05) is 72.8 Å². The van der Waals surface area contributed by atoms with Crippen molar-refractivity contribution in [3.05, 3.63) is 115 Å². The van der Waals surface area contributed by atoms with Gasteiger partial charge in [0.25, 0.3) is 0 Å². The van der Waals surface area contributed by atoms with Crippen LogP contribution >= 0.6 is 11.3 Å². The predicted octanol–water partition coefficient (Wildman–Crippen LogP) is 10.7. The number of furan rings is 1. The first kappa shape index (κ1) is 22.1. The second kappa shape index (κ2) is 7.65. The Morgan fingerprint density at radius 2 is 1.33 bits per heavy atom. The molecule has 5 heterocycles. The van der Waals surface area contributed by atoms with E-state index in [-0.39, 0.29) is 0 Å². The Morgan fingerprint density at radius 1 is 0.558 bits per heavy atom. The van der Waals surface area contributed by atoms with Gasteiger partial charge >= 0.3 is 0 Å². The SMILES string of the molecule is c1ccc2nc3c(nc2c1)c1cc2c4ccccc4sc2c2c4cccc(-c5ccc6oc7ccccc7c6c5)c4n3c12. The molecule has 0 radical (unpaired) electrons. The Bertz CT molecular complexity index is 2960. The predicted molar refractivity (Wildman–Crippen MR) is 180 cm³/mol. The van der Waals surface area contributed by atoms with Crippen LogP contribution in [0, 0.1) is 0 Å². The van der Waals surface area contributed by atoms with Gasteiger partial charge in [0.2, 0.25) is 0 Å². The molecule has 5 aromatic heterocycles. The third-order valence-corrected chi connectivity index (χ3v) is 10.3. The zero-order valence-corrected chi connectivity index (χ0v) is 23.4. The number of thiophene rings is 1. The number of hydrogen-bond donors (Lipinski definition) is 0. The van der Waals surface area contributed by atoms with E-state index in [1.54, 1.807) is 0 Å². The molecular weight excluding hydrogens is 547 g/mol. The largest absolute Gasteiger partial charge is 0.456 e. The van der Waals surface area contributed by atoms with Crippen LogP contribution in [0.4, 0.5) is 0 Å². The number of fused-ring (bicyclic) bond motifs is 14. The molecule has 6 aromatic carbocycles. The van der Waals surface area contributed by atoms with Crippen molar-refractivity contribution in [2.45, 2.75) is 0 Å². The number of benzene rings is 6. The molecule has 0 aliphatic rings. The van der Waals surface area contributed by atoms with Gasteiger partial charge in [0.05, 0.1) is 22.1 Å². The van der Waals surface area contributed by atoms with E-state index in [1.165, 1.54) is 47.5 Å². The maximum Gasteiger partial charge on any atom is 0.165 e. The van der Waals surface area contributed by atoms with E-state index < -0.39 is 0 Å². The zero-order valence-electron chi connectivity index (χ0n) is 22.6. The summed E-state index contributed by atoms with van der Waals surface area (Å²) in [5, 5.41) is 8.50. The fraction of sp³-hybridized carbons (Fsp3) is 0.